The molecule has 0 radical (unpaired) electrons. The Kier molecular flexibility index (Phi) is 15.2. The van der Waals surface area contributed by atoms with E-state index < -0.39 is 0 Å². The fraction of sp³-hybridized carbons (Fsp3) is 0.600. The SMILES string of the molecule is CN(C)N(C)/C([S-])=C(/[S-])N(C=S)N(C)C.CN(C)n1c([S-])c([S-])n(N(C)C)c1=S.[Pt+4]. The monoisotopic (exact) mass is 707 g/mol. The molecular weight excluding hydrogens is 680 g/mol. The molecule has 0 spiro atoms. The van der Waals surface area contributed by atoms with Gasteiger partial charge in [0.15, 0.2) is 0 Å². The van der Waals surface area contributed by atoms with Gasteiger partial charge in [0.2, 0.25) is 4.77 Å². The molecule has 0 saturated carbocycles. The molecule has 1 aromatic rings. The number of rotatable bonds is 7. The van der Waals surface area contributed by atoms with Crippen molar-refractivity contribution in [1.29, 1.82) is 0 Å². The van der Waals surface area contributed by atoms with Crippen molar-refractivity contribution in [2.45, 2.75) is 10.1 Å². The van der Waals surface area contributed by atoms with Crippen LogP contribution in [0.15, 0.2) is 20.1 Å². The van der Waals surface area contributed by atoms with Crippen molar-refractivity contribution in [3.8, 4) is 0 Å². The van der Waals surface area contributed by atoms with Gasteiger partial charge in [0, 0.05) is 63.4 Å². The molecular formula is C15H28N8PtS6. The quantitative estimate of drug-likeness (QED) is 0.226. The average molecular weight is 708 g/mol. The van der Waals surface area contributed by atoms with Crippen LogP contribution >= 0.6 is 24.4 Å². The van der Waals surface area contributed by atoms with Crippen molar-refractivity contribution in [3.63, 3.8) is 0 Å². The Morgan fingerprint density at radius 3 is 1.33 bits per heavy atom. The van der Waals surface area contributed by atoms with E-state index in [2.05, 4.69) is 0 Å². The first-order valence-corrected chi connectivity index (χ1v) is 10.7. The molecule has 0 aromatic carbocycles. The number of hydrogen-bond acceptors (Lipinski definition) is 11. The number of imidazole rings is 1. The first kappa shape index (κ1) is 32.1. The second-order valence-corrected chi connectivity index (χ2v) is 8.61. The topological polar surface area (TPSA) is 29.3 Å². The molecule has 1 heterocycles. The predicted octanol–water partition coefficient (Wildman–Crippen LogP) is 0.574. The van der Waals surface area contributed by atoms with Crippen molar-refractivity contribution in [3.05, 3.63) is 14.8 Å². The molecule has 0 bridgehead atoms. The minimum absolute atomic E-state index is 0. The van der Waals surface area contributed by atoms with Crippen LogP contribution in [0.2, 0.25) is 0 Å². The maximum atomic E-state index is 5.26. The fourth-order valence-electron chi connectivity index (χ4n) is 1.89. The molecule has 0 N–H and O–H groups in total. The van der Waals surface area contributed by atoms with E-state index in [1.54, 1.807) is 24.4 Å². The van der Waals surface area contributed by atoms with E-state index in [0.717, 1.165) is 0 Å². The molecule has 8 nitrogen and oxygen atoms in total. The smallest absolute Gasteiger partial charge is 0.761 e. The largest absolute Gasteiger partial charge is 4.00 e. The Labute approximate surface area is 227 Å². The number of thiocarbonyl (C=S) groups is 1. The Balaban J connectivity index is 0. The van der Waals surface area contributed by atoms with Gasteiger partial charge < -0.3 is 65.5 Å². The minimum atomic E-state index is 0. The Morgan fingerprint density at radius 2 is 1.13 bits per heavy atom. The molecule has 174 valence electrons. The normalized spacial score (nSPS) is 11.2. The van der Waals surface area contributed by atoms with Gasteiger partial charge in [-0.15, -0.1) is 0 Å². The van der Waals surface area contributed by atoms with Gasteiger partial charge in [0.25, 0.3) is 0 Å². The third-order valence-corrected chi connectivity index (χ3v) is 5.92. The number of nitrogens with zero attached hydrogens (tertiary/aromatic N) is 8. The van der Waals surface area contributed by atoms with Crippen molar-refractivity contribution < 1.29 is 21.1 Å². The number of hydrogen-bond donors (Lipinski definition) is 0. The summed E-state index contributed by atoms with van der Waals surface area (Å²) in [5.41, 5.74) is 1.47. The summed E-state index contributed by atoms with van der Waals surface area (Å²) in [5.74, 6) is 0. The van der Waals surface area contributed by atoms with Crippen LogP contribution in [0, 0.1) is 4.77 Å². The minimum Gasteiger partial charge on any atom is -0.761 e. The van der Waals surface area contributed by atoms with Crippen molar-refractivity contribution >= 4 is 80.4 Å². The van der Waals surface area contributed by atoms with Gasteiger partial charge in [-0.05, 0) is 12.2 Å². The van der Waals surface area contributed by atoms with Gasteiger partial charge in [0.1, 0.15) is 0 Å². The fourth-order valence-corrected chi connectivity index (χ4v) is 4.15. The molecule has 0 atom stereocenters. The van der Waals surface area contributed by atoms with E-state index in [4.69, 9.17) is 75.0 Å². The molecule has 1 rings (SSSR count). The van der Waals surface area contributed by atoms with Crippen LogP contribution < -0.4 is 10.0 Å². The van der Waals surface area contributed by atoms with Crippen LogP contribution in [-0.4, -0.2) is 98.3 Å². The molecule has 30 heavy (non-hydrogen) atoms. The van der Waals surface area contributed by atoms with E-state index in [1.165, 1.54) is 5.49 Å². The molecule has 1 aromatic heterocycles. The third kappa shape index (κ3) is 8.14. The molecule has 0 fully saturated rings. The van der Waals surface area contributed by atoms with Crippen LogP contribution in [0.4, 0.5) is 0 Å². The Morgan fingerprint density at radius 1 is 0.767 bits per heavy atom. The maximum absolute atomic E-state index is 5.26. The van der Waals surface area contributed by atoms with Crippen LogP contribution in [0.1, 0.15) is 0 Å². The maximum Gasteiger partial charge on any atom is 4.00 e. The number of aromatic nitrogens is 2. The first-order chi connectivity index (χ1) is 13.2. The molecule has 0 aliphatic heterocycles. The average Bonchev–Trinajstić information content (AvgIpc) is 2.83. The molecule has 0 saturated heterocycles. The zero-order valence-corrected chi connectivity index (χ0v) is 25.6. The van der Waals surface area contributed by atoms with Gasteiger partial charge in [-0.2, -0.15) is 0 Å². The van der Waals surface area contributed by atoms with Crippen molar-refractivity contribution in [2.75, 3.05) is 73.4 Å². The second-order valence-electron chi connectivity index (χ2n) is 6.49. The zero-order chi connectivity index (χ0) is 23.2. The van der Waals surface area contributed by atoms with E-state index in [0.29, 0.717) is 24.9 Å². The summed E-state index contributed by atoms with van der Waals surface area (Å²) in [5, 5.41) is 12.9. The van der Waals surface area contributed by atoms with Crippen LogP contribution in [0.25, 0.3) is 0 Å². The van der Waals surface area contributed by atoms with E-state index >= 15 is 0 Å². The second kappa shape index (κ2) is 14.2. The van der Waals surface area contributed by atoms with Gasteiger partial charge in [-0.3, -0.25) is 14.4 Å². The molecule has 15 heteroatoms. The molecule has 0 unspecified atom stereocenters. The van der Waals surface area contributed by atoms with Crippen molar-refractivity contribution in [1.82, 2.24) is 29.4 Å². The number of hydrazine groups is 2. The Bertz CT molecular complexity index is 739. The van der Waals surface area contributed by atoms with Gasteiger partial charge >= 0.3 is 21.1 Å². The van der Waals surface area contributed by atoms with Gasteiger partial charge in [0.05, 0.1) is 5.49 Å². The molecule has 0 aliphatic rings. The summed E-state index contributed by atoms with van der Waals surface area (Å²) >= 11 is 31.0. The van der Waals surface area contributed by atoms with Crippen molar-refractivity contribution in [2.24, 2.45) is 0 Å². The summed E-state index contributed by atoms with van der Waals surface area (Å²) < 4.78 is 4.05. The zero-order valence-electron chi connectivity index (χ0n) is 18.4. The molecule has 0 amide bonds. The summed E-state index contributed by atoms with van der Waals surface area (Å²) in [6, 6.07) is 0. The van der Waals surface area contributed by atoms with E-state index in [1.807, 2.05) is 78.5 Å². The standard InChI is InChI=1S/C8H18N4S3.C7H14N4S3.Pt/c1-9(2)11(5)7(14)8(15)12(6-13)10(3)4;1-8(2)10-5(12)6(13)11(7(10)14)9(3)4;/h6,14-15H,1-5H3;12-13H,1-4H3;/q;;+4/p-4/b8-7-;;. The van der Waals surface area contributed by atoms with E-state index in [-0.39, 0.29) is 21.1 Å². The third-order valence-electron chi connectivity index (χ3n) is 3.55. The summed E-state index contributed by atoms with van der Waals surface area (Å²) in [6.45, 7) is 0. The van der Waals surface area contributed by atoms with Crippen LogP contribution in [0.5, 0.6) is 0 Å². The van der Waals surface area contributed by atoms with Crippen LogP contribution in [0.3, 0.4) is 0 Å². The first-order valence-electron chi connectivity index (χ1n) is 8.18. The Hall–Kier alpha value is -0.0517. The van der Waals surface area contributed by atoms with Crippen LogP contribution in [-0.2, 0) is 71.6 Å². The van der Waals surface area contributed by atoms with Gasteiger partial charge in [-0.1, -0.05) is 32.3 Å². The predicted molar refractivity (Wildman–Crippen MR) is 137 cm³/mol. The molecule has 0 aliphatic carbocycles. The summed E-state index contributed by atoms with van der Waals surface area (Å²) in [4.78, 5) is 0. The van der Waals surface area contributed by atoms with E-state index in [9.17, 15) is 0 Å². The van der Waals surface area contributed by atoms with Gasteiger partial charge in [-0.25, -0.2) is 10.0 Å². The summed E-state index contributed by atoms with van der Waals surface area (Å²) in [6.07, 6.45) is 0. The summed E-state index contributed by atoms with van der Waals surface area (Å²) in [7, 11) is 16.9.